The Bertz CT molecular complexity index is 575. The molecule has 1 unspecified atom stereocenters. The monoisotopic (exact) mass is 268 g/mol. The summed E-state index contributed by atoms with van der Waals surface area (Å²) >= 11 is 0. The number of benzene rings is 1. The van der Waals surface area contributed by atoms with Crippen LogP contribution in [0, 0.1) is 6.92 Å². The lowest BCUT2D eigenvalue weighted by Gasteiger charge is -2.15. The van der Waals surface area contributed by atoms with Gasteiger partial charge in [0, 0.05) is 0 Å². The molecule has 1 fully saturated rings. The molecule has 0 aliphatic carbocycles. The van der Waals surface area contributed by atoms with Crippen LogP contribution in [0.1, 0.15) is 29.3 Å². The molecule has 1 saturated heterocycles. The summed E-state index contributed by atoms with van der Waals surface area (Å²) in [5.74, 6) is 0.613. The summed E-state index contributed by atoms with van der Waals surface area (Å²) in [6.45, 7) is 3.38. The summed E-state index contributed by atoms with van der Waals surface area (Å²) < 4.78 is 28.4. The van der Waals surface area contributed by atoms with E-state index in [-0.39, 0.29) is 23.4 Å². The first-order chi connectivity index (χ1) is 8.37. The third kappa shape index (κ3) is 2.90. The molecule has 0 spiro atoms. The van der Waals surface area contributed by atoms with Crippen LogP contribution >= 0.6 is 0 Å². The minimum Gasteiger partial charge on any atom is -0.489 e. The number of ether oxygens (including phenoxy) is 1. The fourth-order valence-electron chi connectivity index (χ4n) is 2.06. The second kappa shape index (κ2) is 4.72. The largest absolute Gasteiger partial charge is 0.489 e. The van der Waals surface area contributed by atoms with E-state index < -0.39 is 9.84 Å². The topological polar surface area (TPSA) is 60.4 Å². The third-order valence-corrected chi connectivity index (χ3v) is 4.74. The normalized spacial score (nSPS) is 21.8. The summed E-state index contributed by atoms with van der Waals surface area (Å²) in [6.07, 6.45) is 0.156. The Labute approximate surface area is 107 Å². The standard InChI is InChI=1S/C13H16O4S/c1-9-3-4-13(12(7-9)10(2)14)17-11-5-6-18(15,16)8-11/h3-4,7,11H,5-6,8H2,1-2H3. The lowest BCUT2D eigenvalue weighted by atomic mass is 10.1. The highest BCUT2D eigenvalue weighted by Gasteiger charge is 2.30. The number of rotatable bonds is 3. The first-order valence-corrected chi connectivity index (χ1v) is 7.68. The first kappa shape index (κ1) is 13.1. The summed E-state index contributed by atoms with van der Waals surface area (Å²) in [5, 5.41) is 0. The molecule has 18 heavy (non-hydrogen) atoms. The fraction of sp³-hybridized carbons (Fsp3) is 0.462. The highest BCUT2D eigenvalue weighted by molar-refractivity contribution is 7.91. The number of ketones is 1. The van der Waals surface area contributed by atoms with Crippen molar-refractivity contribution in [1.29, 1.82) is 0 Å². The molecule has 0 radical (unpaired) electrons. The maximum absolute atomic E-state index is 11.5. The SMILES string of the molecule is CC(=O)c1cc(C)ccc1OC1CCS(=O)(=O)C1. The van der Waals surface area contributed by atoms with Gasteiger partial charge in [-0.2, -0.15) is 0 Å². The van der Waals surface area contributed by atoms with Crippen LogP contribution in [0.15, 0.2) is 18.2 Å². The lowest BCUT2D eigenvalue weighted by Crippen LogP contribution is -2.19. The van der Waals surface area contributed by atoms with Crippen molar-refractivity contribution in [3.8, 4) is 5.75 Å². The van der Waals surface area contributed by atoms with Gasteiger partial charge in [0.15, 0.2) is 15.6 Å². The average molecular weight is 268 g/mol. The zero-order valence-electron chi connectivity index (χ0n) is 10.5. The Morgan fingerprint density at radius 1 is 1.39 bits per heavy atom. The van der Waals surface area contributed by atoms with E-state index in [4.69, 9.17) is 4.74 Å². The molecule has 5 heteroatoms. The molecular weight excluding hydrogens is 252 g/mol. The molecule has 1 aliphatic heterocycles. The molecule has 1 aliphatic rings. The van der Waals surface area contributed by atoms with Crippen LogP contribution in [0.5, 0.6) is 5.75 Å². The van der Waals surface area contributed by atoms with Gasteiger partial charge in [-0.1, -0.05) is 11.6 Å². The van der Waals surface area contributed by atoms with Gasteiger partial charge in [-0.3, -0.25) is 4.79 Å². The molecule has 1 aromatic rings. The molecule has 1 atom stereocenters. The third-order valence-electron chi connectivity index (χ3n) is 3.00. The van der Waals surface area contributed by atoms with Gasteiger partial charge < -0.3 is 4.74 Å². The van der Waals surface area contributed by atoms with Gasteiger partial charge in [0.25, 0.3) is 0 Å². The molecular formula is C13H16O4S. The summed E-state index contributed by atoms with van der Waals surface area (Å²) in [7, 11) is -2.97. The van der Waals surface area contributed by atoms with E-state index in [0.717, 1.165) is 5.56 Å². The van der Waals surface area contributed by atoms with Gasteiger partial charge >= 0.3 is 0 Å². The maximum Gasteiger partial charge on any atom is 0.163 e. The molecule has 4 nitrogen and oxygen atoms in total. The van der Waals surface area contributed by atoms with Crippen molar-refractivity contribution < 1.29 is 17.9 Å². The van der Waals surface area contributed by atoms with Gasteiger partial charge in [0.05, 0.1) is 17.1 Å². The average Bonchev–Trinajstić information content (AvgIpc) is 2.60. The van der Waals surface area contributed by atoms with E-state index in [1.165, 1.54) is 6.92 Å². The minimum atomic E-state index is -2.97. The van der Waals surface area contributed by atoms with Crippen molar-refractivity contribution in [3.63, 3.8) is 0 Å². The highest BCUT2D eigenvalue weighted by Crippen LogP contribution is 2.25. The van der Waals surface area contributed by atoms with Crippen LogP contribution in [0.3, 0.4) is 0 Å². The molecule has 2 rings (SSSR count). The van der Waals surface area contributed by atoms with E-state index >= 15 is 0 Å². The van der Waals surface area contributed by atoms with E-state index in [0.29, 0.717) is 17.7 Å². The lowest BCUT2D eigenvalue weighted by molar-refractivity contribution is 0.101. The predicted molar refractivity (Wildman–Crippen MR) is 68.9 cm³/mol. The van der Waals surface area contributed by atoms with Gasteiger partial charge in [-0.15, -0.1) is 0 Å². The highest BCUT2D eigenvalue weighted by atomic mass is 32.2. The van der Waals surface area contributed by atoms with Crippen molar-refractivity contribution >= 4 is 15.6 Å². The second-order valence-electron chi connectivity index (χ2n) is 4.70. The summed E-state index contributed by atoms with van der Waals surface area (Å²) in [4.78, 5) is 11.5. The van der Waals surface area contributed by atoms with Crippen LogP contribution in [-0.4, -0.2) is 31.8 Å². The summed E-state index contributed by atoms with van der Waals surface area (Å²) in [5.41, 5.74) is 1.49. The van der Waals surface area contributed by atoms with Crippen LogP contribution in [0.25, 0.3) is 0 Å². The van der Waals surface area contributed by atoms with Crippen molar-refractivity contribution in [2.75, 3.05) is 11.5 Å². The number of carbonyl (C=O) groups is 1. The molecule has 0 N–H and O–H groups in total. The number of sulfone groups is 1. The molecule has 0 bridgehead atoms. The second-order valence-corrected chi connectivity index (χ2v) is 6.93. The van der Waals surface area contributed by atoms with Crippen LogP contribution in [0.2, 0.25) is 0 Å². The van der Waals surface area contributed by atoms with Gasteiger partial charge in [-0.25, -0.2) is 8.42 Å². The predicted octanol–water partition coefficient (Wildman–Crippen LogP) is 1.76. The fourth-order valence-corrected chi connectivity index (χ4v) is 3.64. The molecule has 98 valence electrons. The number of aryl methyl sites for hydroxylation is 1. The zero-order chi connectivity index (χ0) is 13.3. The van der Waals surface area contributed by atoms with Crippen molar-refractivity contribution in [2.45, 2.75) is 26.4 Å². The number of carbonyl (C=O) groups excluding carboxylic acids is 1. The van der Waals surface area contributed by atoms with E-state index in [2.05, 4.69) is 0 Å². The Balaban J connectivity index is 2.22. The smallest absolute Gasteiger partial charge is 0.163 e. The van der Waals surface area contributed by atoms with E-state index in [9.17, 15) is 13.2 Å². The quantitative estimate of drug-likeness (QED) is 0.784. The molecule has 1 aromatic carbocycles. The van der Waals surface area contributed by atoms with Crippen molar-refractivity contribution in [3.05, 3.63) is 29.3 Å². The van der Waals surface area contributed by atoms with Gasteiger partial charge in [0.1, 0.15) is 11.9 Å². The molecule has 0 aromatic heterocycles. The van der Waals surface area contributed by atoms with Crippen LogP contribution in [0.4, 0.5) is 0 Å². The van der Waals surface area contributed by atoms with Gasteiger partial charge in [0.2, 0.25) is 0 Å². The van der Waals surface area contributed by atoms with Crippen molar-refractivity contribution in [2.24, 2.45) is 0 Å². The summed E-state index contributed by atoms with van der Waals surface area (Å²) in [6, 6.07) is 5.35. The molecule has 0 saturated carbocycles. The number of hydrogen-bond acceptors (Lipinski definition) is 4. The number of hydrogen-bond donors (Lipinski definition) is 0. The van der Waals surface area contributed by atoms with Gasteiger partial charge in [-0.05, 0) is 32.4 Å². The minimum absolute atomic E-state index is 0.0399. The zero-order valence-corrected chi connectivity index (χ0v) is 11.3. The Hall–Kier alpha value is -1.36. The first-order valence-electron chi connectivity index (χ1n) is 5.86. The Morgan fingerprint density at radius 3 is 2.67 bits per heavy atom. The van der Waals surface area contributed by atoms with Crippen molar-refractivity contribution in [1.82, 2.24) is 0 Å². The van der Waals surface area contributed by atoms with E-state index in [1.807, 2.05) is 13.0 Å². The van der Waals surface area contributed by atoms with Crippen LogP contribution in [-0.2, 0) is 9.84 Å². The number of Topliss-reactive ketones (excluding diaryl/α,β-unsaturated/α-hetero) is 1. The molecule has 1 heterocycles. The Morgan fingerprint density at radius 2 is 2.11 bits per heavy atom. The Kier molecular flexibility index (Phi) is 3.43. The maximum atomic E-state index is 11.5. The van der Waals surface area contributed by atoms with Crippen LogP contribution < -0.4 is 4.74 Å². The molecule has 0 amide bonds. The van der Waals surface area contributed by atoms with E-state index in [1.54, 1.807) is 12.1 Å².